The van der Waals surface area contributed by atoms with Crippen molar-refractivity contribution in [3.63, 3.8) is 0 Å². The summed E-state index contributed by atoms with van der Waals surface area (Å²) in [6.45, 7) is 1.03. The van der Waals surface area contributed by atoms with Crippen LogP contribution >= 0.6 is 0 Å². The molecular formula is C20H25NO4. The Hall–Kier alpha value is -2.01. The standard InChI is InChI=1S/C20H25NO4/c1-21-8-6-12-9-15(23-2)19(25-4)18-17(12)13(21)10-20(18)7-5-14(22)16(11-20)24-3/h9,11,13H,5-8,10H2,1-4H3. The molecule has 1 aromatic rings. The van der Waals surface area contributed by atoms with Crippen LogP contribution < -0.4 is 9.47 Å². The third-order valence-electron chi connectivity index (χ3n) is 6.15. The Morgan fingerprint density at radius 2 is 1.96 bits per heavy atom. The molecule has 2 aliphatic carbocycles. The van der Waals surface area contributed by atoms with Crippen LogP contribution in [0.1, 0.15) is 42.0 Å². The molecule has 0 aromatic heterocycles. The highest BCUT2D eigenvalue weighted by atomic mass is 16.5. The lowest BCUT2D eigenvalue weighted by molar-refractivity contribution is -0.119. The molecule has 0 fully saturated rings. The summed E-state index contributed by atoms with van der Waals surface area (Å²) >= 11 is 0. The zero-order chi connectivity index (χ0) is 17.8. The molecule has 1 heterocycles. The number of benzene rings is 1. The van der Waals surface area contributed by atoms with Crippen molar-refractivity contribution in [1.29, 1.82) is 0 Å². The van der Waals surface area contributed by atoms with Crippen LogP contribution in [-0.2, 0) is 21.4 Å². The molecule has 0 amide bonds. The zero-order valence-electron chi connectivity index (χ0n) is 15.3. The van der Waals surface area contributed by atoms with Crippen molar-refractivity contribution in [1.82, 2.24) is 4.90 Å². The van der Waals surface area contributed by atoms with Gasteiger partial charge in [0.2, 0.25) is 0 Å². The summed E-state index contributed by atoms with van der Waals surface area (Å²) in [6, 6.07) is 2.48. The van der Waals surface area contributed by atoms with E-state index in [-0.39, 0.29) is 11.2 Å². The number of Topliss-reactive ketones (excluding diaryl/α,β-unsaturated/α-hetero) is 1. The van der Waals surface area contributed by atoms with Crippen LogP contribution in [0.2, 0.25) is 0 Å². The van der Waals surface area contributed by atoms with Gasteiger partial charge in [0.1, 0.15) is 0 Å². The Morgan fingerprint density at radius 3 is 2.64 bits per heavy atom. The molecule has 3 aliphatic rings. The topological polar surface area (TPSA) is 48.0 Å². The molecule has 1 aromatic carbocycles. The van der Waals surface area contributed by atoms with E-state index in [1.54, 1.807) is 21.3 Å². The number of nitrogens with zero attached hydrogens (tertiary/aromatic N) is 1. The van der Waals surface area contributed by atoms with Crippen LogP contribution in [0.3, 0.4) is 0 Å². The van der Waals surface area contributed by atoms with Crippen molar-refractivity contribution in [3.8, 4) is 11.5 Å². The van der Waals surface area contributed by atoms with Crippen LogP contribution in [-0.4, -0.2) is 45.6 Å². The van der Waals surface area contributed by atoms with Gasteiger partial charge in [0, 0.05) is 30.0 Å². The van der Waals surface area contributed by atoms with Crippen molar-refractivity contribution in [2.75, 3.05) is 34.9 Å². The van der Waals surface area contributed by atoms with E-state index >= 15 is 0 Å². The Bertz CT molecular complexity index is 769. The lowest BCUT2D eigenvalue weighted by Gasteiger charge is -2.33. The minimum Gasteiger partial charge on any atom is -0.493 e. The maximum Gasteiger partial charge on any atom is 0.197 e. The first kappa shape index (κ1) is 16.5. The van der Waals surface area contributed by atoms with Gasteiger partial charge in [-0.25, -0.2) is 0 Å². The van der Waals surface area contributed by atoms with E-state index in [2.05, 4.69) is 18.0 Å². The largest absolute Gasteiger partial charge is 0.493 e. The Kier molecular flexibility index (Phi) is 3.80. The zero-order valence-corrected chi connectivity index (χ0v) is 15.3. The molecule has 1 spiro atoms. The highest BCUT2D eigenvalue weighted by Crippen LogP contribution is 2.59. The number of hydrogen-bond acceptors (Lipinski definition) is 5. The van der Waals surface area contributed by atoms with Gasteiger partial charge in [-0.05, 0) is 49.6 Å². The van der Waals surface area contributed by atoms with Crippen LogP contribution in [0, 0.1) is 0 Å². The molecule has 2 unspecified atom stereocenters. The number of ether oxygens (including phenoxy) is 3. The molecule has 0 saturated heterocycles. The molecule has 4 rings (SSSR count). The summed E-state index contributed by atoms with van der Waals surface area (Å²) in [5.41, 5.74) is 3.68. The lowest BCUT2D eigenvalue weighted by Crippen LogP contribution is -2.32. The number of carbonyl (C=O) groups excluding carboxylic acids is 1. The average molecular weight is 343 g/mol. The number of carbonyl (C=O) groups is 1. The van der Waals surface area contributed by atoms with E-state index in [1.807, 2.05) is 6.08 Å². The van der Waals surface area contributed by atoms with Gasteiger partial charge in [0.15, 0.2) is 23.0 Å². The maximum atomic E-state index is 12.2. The summed E-state index contributed by atoms with van der Waals surface area (Å²) < 4.78 is 16.9. The third kappa shape index (κ3) is 2.21. The molecule has 0 saturated carbocycles. The van der Waals surface area contributed by atoms with Gasteiger partial charge in [-0.2, -0.15) is 0 Å². The van der Waals surface area contributed by atoms with E-state index in [0.29, 0.717) is 18.2 Å². The normalized spacial score (nSPS) is 27.9. The van der Waals surface area contributed by atoms with Gasteiger partial charge in [-0.1, -0.05) is 0 Å². The molecule has 0 N–H and O–H groups in total. The Labute approximate surface area is 148 Å². The molecule has 5 heteroatoms. The Balaban J connectivity index is 2.01. The number of methoxy groups -OCH3 is 3. The van der Waals surface area contributed by atoms with E-state index in [9.17, 15) is 4.79 Å². The molecule has 0 radical (unpaired) electrons. The Morgan fingerprint density at radius 1 is 1.16 bits per heavy atom. The van der Waals surface area contributed by atoms with E-state index < -0.39 is 0 Å². The number of allylic oxidation sites excluding steroid dienone is 2. The fourth-order valence-corrected chi connectivity index (χ4v) is 4.92. The predicted molar refractivity (Wildman–Crippen MR) is 94.2 cm³/mol. The molecule has 2 atom stereocenters. The average Bonchev–Trinajstić information content (AvgIpc) is 2.96. The first-order valence-corrected chi connectivity index (χ1v) is 8.83. The van der Waals surface area contributed by atoms with Gasteiger partial charge in [0.05, 0.1) is 21.3 Å². The second-order valence-corrected chi connectivity index (χ2v) is 7.30. The number of likely N-dealkylation sites (N-methyl/N-ethyl adjacent to an activating group) is 1. The van der Waals surface area contributed by atoms with Crippen LogP contribution in [0.25, 0.3) is 0 Å². The second-order valence-electron chi connectivity index (χ2n) is 7.30. The summed E-state index contributed by atoms with van der Waals surface area (Å²) in [4.78, 5) is 14.6. The monoisotopic (exact) mass is 343 g/mol. The number of rotatable bonds is 3. The van der Waals surface area contributed by atoms with Gasteiger partial charge < -0.3 is 14.2 Å². The quantitative estimate of drug-likeness (QED) is 0.845. The van der Waals surface area contributed by atoms with Gasteiger partial charge in [0.25, 0.3) is 0 Å². The molecule has 1 aliphatic heterocycles. The summed E-state index contributed by atoms with van der Waals surface area (Å²) in [5, 5.41) is 0. The molecule has 134 valence electrons. The first-order chi connectivity index (χ1) is 12.0. The van der Waals surface area contributed by atoms with Gasteiger partial charge >= 0.3 is 0 Å². The van der Waals surface area contributed by atoms with Gasteiger partial charge in [-0.15, -0.1) is 0 Å². The first-order valence-electron chi connectivity index (χ1n) is 8.83. The fraction of sp³-hybridized carbons (Fsp3) is 0.550. The smallest absolute Gasteiger partial charge is 0.197 e. The predicted octanol–water partition coefficient (Wildman–Crippen LogP) is 2.77. The highest BCUT2D eigenvalue weighted by Gasteiger charge is 2.51. The van der Waals surface area contributed by atoms with E-state index in [0.717, 1.165) is 37.3 Å². The molecule has 25 heavy (non-hydrogen) atoms. The van der Waals surface area contributed by atoms with Crippen molar-refractivity contribution in [2.45, 2.75) is 37.1 Å². The lowest BCUT2D eigenvalue weighted by atomic mass is 9.73. The number of ketones is 1. The van der Waals surface area contributed by atoms with E-state index in [4.69, 9.17) is 14.2 Å². The molecule has 5 nitrogen and oxygen atoms in total. The van der Waals surface area contributed by atoms with Crippen molar-refractivity contribution >= 4 is 5.78 Å². The SMILES string of the molecule is COC1=CC2(CCC1=O)CC1c3c(cc(OC)c(OC)c32)CCN1C. The minimum absolute atomic E-state index is 0.0865. The van der Waals surface area contributed by atoms with Crippen LogP contribution in [0.15, 0.2) is 17.9 Å². The van der Waals surface area contributed by atoms with Crippen molar-refractivity contribution in [2.24, 2.45) is 0 Å². The van der Waals surface area contributed by atoms with Crippen molar-refractivity contribution in [3.05, 3.63) is 34.6 Å². The van der Waals surface area contributed by atoms with Crippen LogP contribution in [0.5, 0.6) is 11.5 Å². The summed E-state index contributed by atoms with van der Waals surface area (Å²) in [5.74, 6) is 2.15. The maximum absolute atomic E-state index is 12.2. The minimum atomic E-state index is -0.230. The third-order valence-corrected chi connectivity index (χ3v) is 6.15. The number of fused-ring (bicyclic) bond motifs is 1. The van der Waals surface area contributed by atoms with Gasteiger partial charge in [-0.3, -0.25) is 9.69 Å². The van der Waals surface area contributed by atoms with E-state index in [1.165, 1.54) is 16.7 Å². The highest BCUT2D eigenvalue weighted by molar-refractivity contribution is 5.95. The molecular weight excluding hydrogens is 318 g/mol. The number of hydrogen-bond donors (Lipinski definition) is 0. The summed E-state index contributed by atoms with van der Waals surface area (Å²) in [6.07, 6.45) is 5.30. The summed E-state index contributed by atoms with van der Waals surface area (Å²) in [7, 11) is 7.14. The fourth-order valence-electron chi connectivity index (χ4n) is 4.92. The van der Waals surface area contributed by atoms with Crippen molar-refractivity contribution < 1.29 is 19.0 Å². The molecule has 0 bridgehead atoms. The van der Waals surface area contributed by atoms with Crippen LogP contribution in [0.4, 0.5) is 0 Å². The second kappa shape index (κ2) is 5.77.